The minimum absolute atomic E-state index is 0.00515. The zero-order chi connectivity index (χ0) is 19.3. The van der Waals surface area contributed by atoms with E-state index >= 15 is 0 Å². The molecule has 4 heteroatoms. The Morgan fingerprint density at radius 3 is 2.50 bits per heavy atom. The Balaban J connectivity index is 1.41. The Morgan fingerprint density at radius 2 is 1.75 bits per heavy atom. The van der Waals surface area contributed by atoms with Crippen LogP contribution in [-0.2, 0) is 17.6 Å². The molecule has 0 aliphatic heterocycles. The average molecular weight is 370 g/mol. The highest BCUT2D eigenvalue weighted by Crippen LogP contribution is 2.26. The molecule has 4 aromatic rings. The number of amides is 1. The van der Waals surface area contributed by atoms with Crippen LogP contribution in [0.2, 0.25) is 0 Å². The number of hydrogen-bond donors (Lipinski definition) is 1. The minimum atomic E-state index is 0.00515. The molecule has 1 amide bonds. The molecule has 1 N–H and O–H groups in total. The summed E-state index contributed by atoms with van der Waals surface area (Å²) in [5, 5.41) is 2.94. The molecule has 4 rings (SSSR count). The molecule has 0 aliphatic carbocycles. The highest BCUT2D eigenvalue weighted by molar-refractivity contribution is 5.91. The topological polar surface area (TPSA) is 55.1 Å². The number of aryl methyl sites for hydroxylation is 2. The lowest BCUT2D eigenvalue weighted by Gasteiger charge is -2.06. The molecule has 0 fully saturated rings. The molecule has 1 aromatic heterocycles. The molecule has 4 nitrogen and oxygen atoms in total. The molecule has 140 valence electrons. The van der Waals surface area contributed by atoms with Crippen LogP contribution in [0.25, 0.3) is 22.6 Å². The van der Waals surface area contributed by atoms with Gasteiger partial charge in [0.25, 0.3) is 0 Å². The summed E-state index contributed by atoms with van der Waals surface area (Å²) in [4.78, 5) is 16.8. The SMILES string of the molecule is CCc1ccc2oc(-c3ccc(NC(=O)CCc4ccccc4)cc3)nc2c1. The molecule has 28 heavy (non-hydrogen) atoms. The minimum Gasteiger partial charge on any atom is -0.436 e. The first-order chi connectivity index (χ1) is 13.7. The highest BCUT2D eigenvalue weighted by atomic mass is 16.3. The zero-order valence-corrected chi connectivity index (χ0v) is 15.8. The van der Waals surface area contributed by atoms with Crippen LogP contribution < -0.4 is 5.32 Å². The maximum Gasteiger partial charge on any atom is 0.227 e. The number of rotatable bonds is 6. The fourth-order valence-corrected chi connectivity index (χ4v) is 3.14. The average Bonchev–Trinajstić information content (AvgIpc) is 3.17. The van der Waals surface area contributed by atoms with Crippen LogP contribution in [0.3, 0.4) is 0 Å². The quantitative estimate of drug-likeness (QED) is 0.479. The largest absolute Gasteiger partial charge is 0.436 e. The van der Waals surface area contributed by atoms with Crippen molar-refractivity contribution in [3.63, 3.8) is 0 Å². The van der Waals surface area contributed by atoms with E-state index in [1.54, 1.807) is 0 Å². The van der Waals surface area contributed by atoms with Gasteiger partial charge >= 0.3 is 0 Å². The summed E-state index contributed by atoms with van der Waals surface area (Å²) in [5.41, 5.74) is 5.71. The highest BCUT2D eigenvalue weighted by Gasteiger charge is 2.09. The number of carbonyl (C=O) groups excluding carboxylic acids is 1. The smallest absolute Gasteiger partial charge is 0.227 e. The summed E-state index contributed by atoms with van der Waals surface area (Å²) >= 11 is 0. The number of fused-ring (bicyclic) bond motifs is 1. The third kappa shape index (κ3) is 4.12. The second-order valence-electron chi connectivity index (χ2n) is 6.79. The van der Waals surface area contributed by atoms with Crippen molar-refractivity contribution in [2.45, 2.75) is 26.2 Å². The monoisotopic (exact) mass is 370 g/mol. The summed E-state index contributed by atoms with van der Waals surface area (Å²) in [6, 6.07) is 23.7. The number of aromatic nitrogens is 1. The number of carbonyl (C=O) groups is 1. The Bertz CT molecular complexity index is 1080. The molecule has 0 bridgehead atoms. The number of anilines is 1. The lowest BCUT2D eigenvalue weighted by molar-refractivity contribution is -0.116. The van der Waals surface area contributed by atoms with Crippen molar-refractivity contribution >= 4 is 22.7 Å². The van der Waals surface area contributed by atoms with Crippen molar-refractivity contribution in [1.82, 2.24) is 4.98 Å². The number of benzene rings is 3. The summed E-state index contributed by atoms with van der Waals surface area (Å²) in [7, 11) is 0. The van der Waals surface area contributed by atoms with Gasteiger partial charge in [-0.2, -0.15) is 0 Å². The predicted octanol–water partition coefficient (Wildman–Crippen LogP) is 5.63. The van der Waals surface area contributed by atoms with E-state index in [4.69, 9.17) is 4.42 Å². The Morgan fingerprint density at radius 1 is 0.964 bits per heavy atom. The number of nitrogens with zero attached hydrogens (tertiary/aromatic N) is 1. The van der Waals surface area contributed by atoms with Crippen molar-refractivity contribution in [3.8, 4) is 11.5 Å². The van der Waals surface area contributed by atoms with Gasteiger partial charge in [0, 0.05) is 17.7 Å². The molecule has 0 atom stereocenters. The van der Waals surface area contributed by atoms with Gasteiger partial charge in [0.15, 0.2) is 5.58 Å². The first kappa shape index (κ1) is 18.0. The number of hydrogen-bond acceptors (Lipinski definition) is 3. The van der Waals surface area contributed by atoms with E-state index in [0.717, 1.165) is 40.8 Å². The van der Waals surface area contributed by atoms with E-state index in [9.17, 15) is 4.79 Å². The zero-order valence-electron chi connectivity index (χ0n) is 15.8. The predicted molar refractivity (Wildman–Crippen MR) is 112 cm³/mol. The molecule has 0 spiro atoms. The van der Waals surface area contributed by atoms with E-state index in [0.29, 0.717) is 12.3 Å². The van der Waals surface area contributed by atoms with Crippen molar-refractivity contribution in [3.05, 3.63) is 83.9 Å². The van der Waals surface area contributed by atoms with Gasteiger partial charge < -0.3 is 9.73 Å². The second kappa shape index (κ2) is 8.09. The summed E-state index contributed by atoms with van der Waals surface area (Å²) in [6.07, 6.45) is 2.15. The number of nitrogens with one attached hydrogen (secondary N) is 1. The fraction of sp³-hybridized carbons (Fsp3) is 0.167. The molecule has 0 radical (unpaired) electrons. The Kier molecular flexibility index (Phi) is 5.20. The lowest BCUT2D eigenvalue weighted by Crippen LogP contribution is -2.12. The maximum absolute atomic E-state index is 12.2. The molecule has 1 heterocycles. The van der Waals surface area contributed by atoms with E-state index < -0.39 is 0 Å². The van der Waals surface area contributed by atoms with Crippen molar-refractivity contribution < 1.29 is 9.21 Å². The van der Waals surface area contributed by atoms with Crippen LogP contribution in [0.1, 0.15) is 24.5 Å². The molecular formula is C24H22N2O2. The van der Waals surface area contributed by atoms with Crippen LogP contribution >= 0.6 is 0 Å². The van der Waals surface area contributed by atoms with E-state index in [1.165, 1.54) is 5.56 Å². The van der Waals surface area contributed by atoms with Crippen molar-refractivity contribution in [2.24, 2.45) is 0 Å². The molecule has 0 unspecified atom stereocenters. The summed E-state index contributed by atoms with van der Waals surface area (Å²) in [6.45, 7) is 2.12. The third-order valence-corrected chi connectivity index (χ3v) is 4.76. The van der Waals surface area contributed by atoms with Gasteiger partial charge in [0.1, 0.15) is 5.52 Å². The van der Waals surface area contributed by atoms with Crippen LogP contribution in [0, 0.1) is 0 Å². The van der Waals surface area contributed by atoms with Crippen LogP contribution in [0.4, 0.5) is 5.69 Å². The second-order valence-corrected chi connectivity index (χ2v) is 6.79. The van der Waals surface area contributed by atoms with Gasteiger partial charge in [-0.05, 0) is 60.4 Å². The van der Waals surface area contributed by atoms with E-state index in [2.05, 4.69) is 29.4 Å². The van der Waals surface area contributed by atoms with E-state index in [1.807, 2.05) is 60.7 Å². The number of oxazole rings is 1. The first-order valence-electron chi connectivity index (χ1n) is 9.55. The van der Waals surface area contributed by atoms with Crippen molar-refractivity contribution in [2.75, 3.05) is 5.32 Å². The first-order valence-corrected chi connectivity index (χ1v) is 9.55. The van der Waals surface area contributed by atoms with Gasteiger partial charge in [0.2, 0.25) is 11.8 Å². The standard InChI is InChI=1S/C24H22N2O2/c1-2-17-8-14-22-21(16-17)26-24(28-22)19-10-12-20(13-11-19)25-23(27)15-9-18-6-4-3-5-7-18/h3-8,10-14,16H,2,9,15H2,1H3,(H,25,27). The third-order valence-electron chi connectivity index (χ3n) is 4.76. The lowest BCUT2D eigenvalue weighted by atomic mass is 10.1. The normalized spacial score (nSPS) is 10.9. The molecule has 0 saturated heterocycles. The van der Waals surface area contributed by atoms with Gasteiger partial charge in [-0.25, -0.2) is 4.98 Å². The summed E-state index contributed by atoms with van der Waals surface area (Å²) in [5.74, 6) is 0.593. The Hall–Kier alpha value is -3.40. The molecule has 0 aliphatic rings. The van der Waals surface area contributed by atoms with Crippen LogP contribution in [-0.4, -0.2) is 10.9 Å². The van der Waals surface area contributed by atoms with Gasteiger partial charge in [-0.3, -0.25) is 4.79 Å². The van der Waals surface area contributed by atoms with Crippen LogP contribution in [0.5, 0.6) is 0 Å². The maximum atomic E-state index is 12.2. The fourth-order valence-electron chi connectivity index (χ4n) is 3.14. The molecule has 0 saturated carbocycles. The van der Waals surface area contributed by atoms with Gasteiger partial charge in [0.05, 0.1) is 0 Å². The van der Waals surface area contributed by atoms with Gasteiger partial charge in [-0.15, -0.1) is 0 Å². The molecule has 3 aromatic carbocycles. The van der Waals surface area contributed by atoms with Crippen molar-refractivity contribution in [1.29, 1.82) is 0 Å². The summed E-state index contributed by atoms with van der Waals surface area (Å²) < 4.78 is 5.86. The Labute approximate surface area is 164 Å². The van der Waals surface area contributed by atoms with Crippen LogP contribution in [0.15, 0.2) is 77.2 Å². The van der Waals surface area contributed by atoms with E-state index in [-0.39, 0.29) is 5.91 Å². The van der Waals surface area contributed by atoms with Gasteiger partial charge in [-0.1, -0.05) is 43.3 Å². The molecular weight excluding hydrogens is 348 g/mol.